The summed E-state index contributed by atoms with van der Waals surface area (Å²) in [4.78, 5) is 16.1. The van der Waals surface area contributed by atoms with E-state index in [0.717, 1.165) is 38.8 Å². The van der Waals surface area contributed by atoms with Crippen LogP contribution in [0.4, 0.5) is 4.39 Å². The number of benzene rings is 1. The summed E-state index contributed by atoms with van der Waals surface area (Å²) in [7, 11) is 0. The van der Waals surface area contributed by atoms with E-state index in [-0.39, 0.29) is 17.8 Å². The maximum absolute atomic E-state index is 14.1. The molecule has 0 bridgehead atoms. The van der Waals surface area contributed by atoms with Gasteiger partial charge in [-0.1, -0.05) is 0 Å². The zero-order valence-corrected chi connectivity index (χ0v) is 13.5. The highest BCUT2D eigenvalue weighted by Crippen LogP contribution is 2.31. The molecule has 3 rings (SSSR count). The van der Waals surface area contributed by atoms with Crippen molar-refractivity contribution in [1.82, 2.24) is 9.80 Å². The fourth-order valence-electron chi connectivity index (χ4n) is 4.05. The largest absolute Gasteiger partial charge is 0.338 e. The molecule has 0 aliphatic carbocycles. The molecule has 1 aromatic carbocycles. The van der Waals surface area contributed by atoms with Gasteiger partial charge in [-0.25, -0.2) is 4.39 Å². The van der Waals surface area contributed by atoms with Crippen LogP contribution in [0.2, 0.25) is 0 Å². The zero-order valence-electron chi connectivity index (χ0n) is 13.5. The summed E-state index contributed by atoms with van der Waals surface area (Å²) in [6.45, 7) is 3.90. The molecule has 2 unspecified atom stereocenters. The number of nitriles is 1. The minimum Gasteiger partial charge on any atom is -0.338 e. The van der Waals surface area contributed by atoms with E-state index in [0.29, 0.717) is 23.7 Å². The van der Waals surface area contributed by atoms with Gasteiger partial charge in [0.15, 0.2) is 0 Å². The monoisotopic (exact) mass is 315 g/mol. The van der Waals surface area contributed by atoms with Crippen molar-refractivity contribution in [3.05, 3.63) is 35.1 Å². The number of carbonyl (C=O) groups excluding carboxylic acids is 1. The van der Waals surface area contributed by atoms with Gasteiger partial charge in [0.1, 0.15) is 5.82 Å². The van der Waals surface area contributed by atoms with Crippen molar-refractivity contribution in [3.63, 3.8) is 0 Å². The summed E-state index contributed by atoms with van der Waals surface area (Å²) in [5.41, 5.74) is 1.06. The van der Waals surface area contributed by atoms with Gasteiger partial charge in [-0.2, -0.15) is 5.26 Å². The van der Waals surface area contributed by atoms with Crippen molar-refractivity contribution < 1.29 is 9.18 Å². The molecular weight excluding hydrogens is 293 g/mol. The molecule has 0 radical (unpaired) electrons. The summed E-state index contributed by atoms with van der Waals surface area (Å²) in [5.74, 6) is -0.124. The molecule has 2 fully saturated rings. The van der Waals surface area contributed by atoms with E-state index < -0.39 is 0 Å². The van der Waals surface area contributed by atoms with E-state index in [2.05, 4.69) is 11.0 Å². The van der Waals surface area contributed by atoms with Gasteiger partial charge in [0.25, 0.3) is 0 Å². The molecule has 2 atom stereocenters. The van der Waals surface area contributed by atoms with E-state index in [4.69, 9.17) is 5.26 Å². The second kappa shape index (κ2) is 6.67. The van der Waals surface area contributed by atoms with Crippen molar-refractivity contribution in [2.75, 3.05) is 13.1 Å². The van der Waals surface area contributed by atoms with Crippen molar-refractivity contribution in [2.45, 2.75) is 51.2 Å². The molecular formula is C18H22FN3O. The van der Waals surface area contributed by atoms with E-state index >= 15 is 0 Å². The van der Waals surface area contributed by atoms with E-state index in [1.165, 1.54) is 12.1 Å². The first-order chi connectivity index (χ1) is 11.1. The molecule has 4 nitrogen and oxygen atoms in total. The maximum Gasteiger partial charge on any atom is 0.219 e. The third-order valence-electron chi connectivity index (χ3n) is 5.11. The minimum absolute atomic E-state index is 0.136. The second-order valence-corrected chi connectivity index (χ2v) is 6.52. The lowest BCUT2D eigenvalue weighted by Gasteiger charge is -2.34. The second-order valence-electron chi connectivity index (χ2n) is 6.52. The van der Waals surface area contributed by atoms with Crippen molar-refractivity contribution in [3.8, 4) is 6.07 Å². The molecule has 23 heavy (non-hydrogen) atoms. The highest BCUT2D eigenvalue weighted by atomic mass is 19.1. The van der Waals surface area contributed by atoms with Crippen LogP contribution in [0.5, 0.6) is 0 Å². The van der Waals surface area contributed by atoms with E-state index in [9.17, 15) is 9.18 Å². The lowest BCUT2D eigenvalue weighted by molar-refractivity contribution is -0.130. The van der Waals surface area contributed by atoms with Gasteiger partial charge in [-0.3, -0.25) is 9.69 Å². The molecule has 2 heterocycles. The van der Waals surface area contributed by atoms with Crippen LogP contribution in [0, 0.1) is 17.1 Å². The molecule has 0 N–H and O–H groups in total. The molecule has 0 spiro atoms. The third-order valence-corrected chi connectivity index (χ3v) is 5.11. The summed E-state index contributed by atoms with van der Waals surface area (Å²) < 4.78 is 14.1. The van der Waals surface area contributed by atoms with Crippen LogP contribution in [-0.2, 0) is 11.3 Å². The molecule has 0 saturated carbocycles. The minimum atomic E-state index is -0.260. The topological polar surface area (TPSA) is 47.3 Å². The Kier molecular flexibility index (Phi) is 4.63. The average Bonchev–Trinajstić information content (AvgIpc) is 3.17. The molecule has 5 heteroatoms. The average molecular weight is 315 g/mol. The Morgan fingerprint density at radius 2 is 2.04 bits per heavy atom. The van der Waals surface area contributed by atoms with Crippen LogP contribution in [-0.4, -0.2) is 40.9 Å². The first kappa shape index (κ1) is 15.9. The highest BCUT2D eigenvalue weighted by molar-refractivity contribution is 5.74. The molecule has 2 aliphatic rings. The number of halogens is 1. The number of hydrogen-bond acceptors (Lipinski definition) is 3. The number of amides is 1. The van der Waals surface area contributed by atoms with Crippen molar-refractivity contribution >= 4 is 5.91 Å². The van der Waals surface area contributed by atoms with Crippen LogP contribution < -0.4 is 0 Å². The molecule has 2 saturated heterocycles. The van der Waals surface area contributed by atoms with Crippen LogP contribution in [0.1, 0.15) is 43.7 Å². The van der Waals surface area contributed by atoms with E-state index in [1.807, 2.05) is 4.90 Å². The van der Waals surface area contributed by atoms with Crippen LogP contribution in [0.15, 0.2) is 18.2 Å². The van der Waals surface area contributed by atoms with Gasteiger partial charge in [0, 0.05) is 37.7 Å². The Morgan fingerprint density at radius 3 is 2.78 bits per heavy atom. The predicted octanol–water partition coefficient (Wildman–Crippen LogP) is 2.67. The lowest BCUT2D eigenvalue weighted by atomic mass is 10.0. The van der Waals surface area contributed by atoms with Gasteiger partial charge in [0.2, 0.25) is 5.91 Å². The Labute approximate surface area is 136 Å². The van der Waals surface area contributed by atoms with Gasteiger partial charge in [-0.15, -0.1) is 0 Å². The van der Waals surface area contributed by atoms with Crippen LogP contribution in [0.25, 0.3) is 0 Å². The first-order valence-corrected chi connectivity index (χ1v) is 8.30. The summed E-state index contributed by atoms with van der Waals surface area (Å²) >= 11 is 0. The van der Waals surface area contributed by atoms with E-state index in [1.54, 1.807) is 13.0 Å². The van der Waals surface area contributed by atoms with Gasteiger partial charge >= 0.3 is 0 Å². The standard InChI is InChI=1S/C18H22FN3O/c1-13(23)22-9-3-5-18(22)17-4-2-8-21(17)12-15-10-14(11-20)6-7-16(15)19/h6-7,10,17-18H,2-5,8-9,12H2,1H3. The van der Waals surface area contributed by atoms with Crippen molar-refractivity contribution in [2.24, 2.45) is 0 Å². The van der Waals surface area contributed by atoms with Gasteiger partial charge in [0.05, 0.1) is 11.6 Å². The summed E-state index contributed by atoms with van der Waals surface area (Å²) in [5, 5.41) is 9.00. The lowest BCUT2D eigenvalue weighted by Crippen LogP contribution is -2.47. The van der Waals surface area contributed by atoms with Crippen LogP contribution in [0.3, 0.4) is 0 Å². The fourth-order valence-corrected chi connectivity index (χ4v) is 4.05. The quantitative estimate of drug-likeness (QED) is 0.861. The number of hydrogen-bond donors (Lipinski definition) is 0. The number of rotatable bonds is 3. The first-order valence-electron chi connectivity index (χ1n) is 8.30. The molecule has 1 aromatic rings. The third kappa shape index (κ3) is 3.23. The summed E-state index contributed by atoms with van der Waals surface area (Å²) in [6.07, 6.45) is 4.20. The van der Waals surface area contributed by atoms with Crippen LogP contribution >= 0.6 is 0 Å². The molecule has 122 valence electrons. The van der Waals surface area contributed by atoms with Gasteiger partial charge < -0.3 is 4.90 Å². The Balaban J connectivity index is 1.77. The number of nitrogens with zero attached hydrogens (tertiary/aromatic N) is 3. The Bertz CT molecular complexity index is 640. The smallest absolute Gasteiger partial charge is 0.219 e. The Hall–Kier alpha value is -1.93. The fraction of sp³-hybridized carbons (Fsp3) is 0.556. The summed E-state index contributed by atoms with van der Waals surface area (Å²) in [6, 6.07) is 7.14. The normalized spacial score (nSPS) is 24.8. The highest BCUT2D eigenvalue weighted by Gasteiger charge is 2.38. The molecule has 1 amide bonds. The van der Waals surface area contributed by atoms with Crippen molar-refractivity contribution in [1.29, 1.82) is 5.26 Å². The zero-order chi connectivity index (χ0) is 16.4. The number of carbonyl (C=O) groups is 1. The van der Waals surface area contributed by atoms with Gasteiger partial charge in [-0.05, 0) is 50.4 Å². The maximum atomic E-state index is 14.1. The SMILES string of the molecule is CC(=O)N1CCCC1C1CCCN1Cc1cc(C#N)ccc1F. The molecule has 0 aromatic heterocycles. The Morgan fingerprint density at radius 1 is 1.30 bits per heavy atom. The number of likely N-dealkylation sites (tertiary alicyclic amines) is 2. The predicted molar refractivity (Wildman–Crippen MR) is 85.0 cm³/mol. The molecule has 2 aliphatic heterocycles.